The number of nitrogens with zero attached hydrogens (tertiary/aromatic N) is 1. The van der Waals surface area contributed by atoms with E-state index in [9.17, 15) is 4.79 Å². The molecule has 3 nitrogen and oxygen atoms in total. The zero-order valence-corrected chi connectivity index (χ0v) is 6.70. The van der Waals surface area contributed by atoms with E-state index in [1.54, 1.807) is 0 Å². The number of amides is 1. The molecule has 10 heavy (non-hydrogen) atoms. The van der Waals surface area contributed by atoms with Gasteiger partial charge in [-0.15, -0.1) is 11.8 Å². The van der Waals surface area contributed by atoms with Crippen molar-refractivity contribution in [2.24, 2.45) is 0 Å². The van der Waals surface area contributed by atoms with Crippen molar-refractivity contribution in [1.29, 1.82) is 5.26 Å². The van der Waals surface area contributed by atoms with E-state index in [2.05, 4.69) is 5.32 Å². The van der Waals surface area contributed by atoms with Gasteiger partial charge in [-0.1, -0.05) is 0 Å². The lowest BCUT2D eigenvalue weighted by Crippen LogP contribution is -2.22. The summed E-state index contributed by atoms with van der Waals surface area (Å²) in [6.07, 6.45) is 0. The van der Waals surface area contributed by atoms with Crippen LogP contribution in [0.1, 0.15) is 6.92 Å². The third-order valence-corrected chi connectivity index (χ3v) is 1.61. The van der Waals surface area contributed by atoms with Crippen LogP contribution in [0.3, 0.4) is 0 Å². The lowest BCUT2D eigenvalue weighted by molar-refractivity contribution is -0.118. The Bertz CT molecular complexity index is 141. The third kappa shape index (κ3) is 7.31. The van der Waals surface area contributed by atoms with Gasteiger partial charge in [0.15, 0.2) is 0 Å². The van der Waals surface area contributed by atoms with E-state index in [0.717, 1.165) is 5.75 Å². The van der Waals surface area contributed by atoms with Gasteiger partial charge in [-0.25, -0.2) is 0 Å². The Morgan fingerprint density at radius 1 is 1.80 bits per heavy atom. The van der Waals surface area contributed by atoms with Crippen molar-refractivity contribution in [3.63, 3.8) is 0 Å². The molecule has 0 aliphatic carbocycles. The normalized spacial score (nSPS) is 8.40. The Labute approximate surface area is 64.8 Å². The van der Waals surface area contributed by atoms with Gasteiger partial charge in [-0.05, 0) is 0 Å². The second-order valence-corrected chi connectivity index (χ2v) is 2.80. The first kappa shape index (κ1) is 9.31. The average Bonchev–Trinajstić information content (AvgIpc) is 1.87. The van der Waals surface area contributed by atoms with Crippen LogP contribution < -0.4 is 5.32 Å². The summed E-state index contributed by atoms with van der Waals surface area (Å²) in [6.45, 7) is 2.14. The van der Waals surface area contributed by atoms with Crippen LogP contribution in [0.15, 0.2) is 0 Å². The van der Waals surface area contributed by atoms with E-state index < -0.39 is 0 Å². The van der Waals surface area contributed by atoms with Crippen LogP contribution in [-0.4, -0.2) is 24.0 Å². The van der Waals surface area contributed by atoms with Gasteiger partial charge in [0.25, 0.3) is 0 Å². The molecule has 0 bridgehead atoms. The topological polar surface area (TPSA) is 52.9 Å². The van der Waals surface area contributed by atoms with Gasteiger partial charge in [-0.2, -0.15) is 5.26 Å². The Balaban J connectivity index is 2.92. The van der Waals surface area contributed by atoms with Crippen molar-refractivity contribution >= 4 is 17.7 Å². The van der Waals surface area contributed by atoms with E-state index in [-0.39, 0.29) is 5.91 Å². The van der Waals surface area contributed by atoms with E-state index in [4.69, 9.17) is 5.26 Å². The molecule has 1 amide bonds. The molecule has 0 aliphatic rings. The Kier molecular flexibility index (Phi) is 5.99. The molecule has 0 saturated heterocycles. The third-order valence-electron chi connectivity index (χ3n) is 0.787. The molecule has 0 heterocycles. The fourth-order valence-electron chi connectivity index (χ4n) is 0.417. The number of carbonyl (C=O) groups is 1. The van der Waals surface area contributed by atoms with Gasteiger partial charge >= 0.3 is 0 Å². The minimum atomic E-state index is -0.0162. The number of rotatable bonds is 4. The molecule has 0 saturated carbocycles. The summed E-state index contributed by atoms with van der Waals surface area (Å²) in [5, 5.41) is 10.8. The van der Waals surface area contributed by atoms with Crippen molar-refractivity contribution < 1.29 is 4.79 Å². The van der Waals surface area contributed by atoms with Crippen LogP contribution in [-0.2, 0) is 4.79 Å². The molecule has 0 unspecified atom stereocenters. The SMILES string of the molecule is CC(=O)NCCSCC#N. The molecule has 0 aromatic carbocycles. The largest absolute Gasteiger partial charge is 0.356 e. The molecule has 0 aromatic heterocycles. The van der Waals surface area contributed by atoms with E-state index >= 15 is 0 Å². The van der Waals surface area contributed by atoms with Gasteiger partial charge in [-0.3, -0.25) is 4.79 Å². The van der Waals surface area contributed by atoms with Crippen molar-refractivity contribution in [3.05, 3.63) is 0 Å². The molecule has 0 aromatic rings. The molecule has 0 spiro atoms. The molecular formula is C6H10N2OS. The number of carbonyl (C=O) groups excluding carboxylic acids is 1. The molecule has 0 atom stereocenters. The number of nitrogens with one attached hydrogen (secondary N) is 1. The maximum absolute atomic E-state index is 10.3. The Morgan fingerprint density at radius 3 is 3.00 bits per heavy atom. The van der Waals surface area contributed by atoms with Crippen LogP contribution >= 0.6 is 11.8 Å². The van der Waals surface area contributed by atoms with Crippen molar-refractivity contribution in [2.45, 2.75) is 6.92 Å². The monoisotopic (exact) mass is 158 g/mol. The fraction of sp³-hybridized carbons (Fsp3) is 0.667. The molecule has 4 heteroatoms. The minimum absolute atomic E-state index is 0.0162. The predicted molar refractivity (Wildman–Crippen MR) is 41.6 cm³/mol. The molecular weight excluding hydrogens is 148 g/mol. The first-order valence-electron chi connectivity index (χ1n) is 2.96. The quantitative estimate of drug-likeness (QED) is 0.602. The van der Waals surface area contributed by atoms with Gasteiger partial charge < -0.3 is 5.32 Å². The highest BCUT2D eigenvalue weighted by atomic mass is 32.2. The van der Waals surface area contributed by atoms with Gasteiger partial charge in [0.05, 0.1) is 11.8 Å². The summed E-state index contributed by atoms with van der Waals surface area (Å²) in [5.74, 6) is 1.30. The van der Waals surface area contributed by atoms with E-state index in [0.29, 0.717) is 12.3 Å². The number of nitriles is 1. The highest BCUT2D eigenvalue weighted by Gasteiger charge is 1.89. The summed E-state index contributed by atoms with van der Waals surface area (Å²) >= 11 is 1.52. The van der Waals surface area contributed by atoms with Crippen molar-refractivity contribution in [2.75, 3.05) is 18.1 Å². The number of hydrogen-bond donors (Lipinski definition) is 1. The van der Waals surface area contributed by atoms with Gasteiger partial charge in [0.2, 0.25) is 5.91 Å². The maximum atomic E-state index is 10.3. The zero-order chi connectivity index (χ0) is 7.82. The van der Waals surface area contributed by atoms with Crippen LogP contribution in [0, 0.1) is 11.3 Å². The second kappa shape index (κ2) is 6.43. The fourth-order valence-corrected chi connectivity index (χ4v) is 0.899. The molecule has 0 aliphatic heterocycles. The molecule has 0 fully saturated rings. The zero-order valence-electron chi connectivity index (χ0n) is 5.89. The van der Waals surface area contributed by atoms with Gasteiger partial charge in [0.1, 0.15) is 0 Å². The van der Waals surface area contributed by atoms with Gasteiger partial charge in [0, 0.05) is 19.2 Å². The number of thioether (sulfide) groups is 1. The average molecular weight is 158 g/mol. The first-order valence-corrected chi connectivity index (χ1v) is 4.12. The maximum Gasteiger partial charge on any atom is 0.216 e. The Hall–Kier alpha value is -0.690. The summed E-state index contributed by atoms with van der Waals surface area (Å²) in [4.78, 5) is 10.3. The predicted octanol–water partition coefficient (Wildman–Crippen LogP) is 0.379. The smallest absolute Gasteiger partial charge is 0.216 e. The number of hydrogen-bond acceptors (Lipinski definition) is 3. The summed E-state index contributed by atoms with van der Waals surface area (Å²) < 4.78 is 0. The van der Waals surface area contributed by atoms with E-state index in [1.807, 2.05) is 6.07 Å². The molecule has 56 valence electrons. The summed E-state index contributed by atoms with van der Waals surface area (Å²) in [7, 11) is 0. The lowest BCUT2D eigenvalue weighted by atomic mass is 10.6. The molecule has 0 radical (unpaired) electrons. The molecule has 0 rings (SSSR count). The summed E-state index contributed by atoms with van der Waals surface area (Å²) in [6, 6.07) is 2.01. The van der Waals surface area contributed by atoms with Crippen LogP contribution in [0.4, 0.5) is 0 Å². The highest BCUT2D eigenvalue weighted by Crippen LogP contribution is 1.94. The standard InChI is InChI=1S/C6H10N2OS/c1-6(9)8-3-5-10-4-2-7/h3-5H2,1H3,(H,8,9). The second-order valence-electron chi connectivity index (χ2n) is 1.69. The first-order chi connectivity index (χ1) is 4.77. The van der Waals surface area contributed by atoms with Crippen LogP contribution in [0.2, 0.25) is 0 Å². The van der Waals surface area contributed by atoms with Crippen LogP contribution in [0.5, 0.6) is 0 Å². The highest BCUT2D eigenvalue weighted by molar-refractivity contribution is 7.99. The minimum Gasteiger partial charge on any atom is -0.356 e. The molecule has 1 N–H and O–H groups in total. The van der Waals surface area contributed by atoms with Crippen molar-refractivity contribution in [3.8, 4) is 6.07 Å². The van der Waals surface area contributed by atoms with E-state index in [1.165, 1.54) is 18.7 Å². The van der Waals surface area contributed by atoms with Crippen molar-refractivity contribution in [1.82, 2.24) is 5.32 Å². The summed E-state index contributed by atoms with van der Waals surface area (Å²) in [5.41, 5.74) is 0. The lowest BCUT2D eigenvalue weighted by Gasteiger charge is -1.97. The van der Waals surface area contributed by atoms with Crippen LogP contribution in [0.25, 0.3) is 0 Å². The Morgan fingerprint density at radius 2 is 2.50 bits per heavy atom.